The largest absolute Gasteiger partial charge is 0.493 e. The molecule has 1 atom stereocenters. The summed E-state index contributed by atoms with van der Waals surface area (Å²) >= 11 is 0. The van der Waals surface area contributed by atoms with Crippen LogP contribution in [0.1, 0.15) is 17.3 Å². The molecule has 0 aliphatic rings. The van der Waals surface area contributed by atoms with Gasteiger partial charge in [0.25, 0.3) is 5.91 Å². The maximum atomic E-state index is 11.9. The Bertz CT molecular complexity index is 572. The summed E-state index contributed by atoms with van der Waals surface area (Å²) in [6, 6.07) is 3.55. The van der Waals surface area contributed by atoms with Gasteiger partial charge < -0.3 is 25.2 Å². The third-order valence-electron chi connectivity index (χ3n) is 2.80. The molecule has 1 aromatic rings. The van der Waals surface area contributed by atoms with Crippen molar-refractivity contribution in [1.82, 2.24) is 10.6 Å². The van der Waals surface area contributed by atoms with Crippen LogP contribution < -0.4 is 20.1 Å². The molecule has 0 spiro atoms. The Morgan fingerprint density at radius 3 is 2.36 bits per heavy atom. The van der Waals surface area contributed by atoms with E-state index in [1.54, 1.807) is 6.07 Å². The molecule has 0 saturated carbocycles. The van der Waals surface area contributed by atoms with Crippen molar-refractivity contribution in [1.29, 1.82) is 0 Å². The van der Waals surface area contributed by atoms with Crippen molar-refractivity contribution < 1.29 is 29.0 Å². The standard InChI is InChI=1S/C14H18N2O6/c1-8(14(19)20)16-12(17)7-15-13(18)9-4-5-10(21-2)11(6-9)22-3/h4-6,8H,7H2,1-3H3,(H,15,18)(H,16,17)(H,19,20)/t8-/m1/s1. The number of methoxy groups -OCH3 is 2. The molecule has 0 aliphatic carbocycles. The van der Waals surface area contributed by atoms with Gasteiger partial charge in [0.2, 0.25) is 5.91 Å². The second-order valence-electron chi connectivity index (χ2n) is 4.38. The lowest BCUT2D eigenvalue weighted by molar-refractivity contribution is -0.141. The number of nitrogens with one attached hydrogen (secondary N) is 2. The van der Waals surface area contributed by atoms with Gasteiger partial charge in [-0.15, -0.1) is 0 Å². The molecule has 22 heavy (non-hydrogen) atoms. The number of aliphatic carboxylic acids is 1. The molecule has 1 rings (SSSR count). The second kappa shape index (κ2) is 7.87. The minimum atomic E-state index is -1.15. The van der Waals surface area contributed by atoms with E-state index in [0.717, 1.165) is 0 Å². The summed E-state index contributed by atoms with van der Waals surface area (Å²) in [7, 11) is 2.92. The molecule has 0 aliphatic heterocycles. The average Bonchev–Trinajstić information content (AvgIpc) is 2.51. The first kappa shape index (κ1) is 17.3. The Morgan fingerprint density at radius 1 is 1.18 bits per heavy atom. The zero-order valence-electron chi connectivity index (χ0n) is 12.5. The fourth-order valence-corrected chi connectivity index (χ4v) is 1.59. The number of hydrogen-bond donors (Lipinski definition) is 3. The molecular weight excluding hydrogens is 292 g/mol. The zero-order chi connectivity index (χ0) is 16.7. The van der Waals surface area contributed by atoms with Crippen LogP contribution in [0.3, 0.4) is 0 Å². The number of carboxylic acid groups (broad SMARTS) is 1. The van der Waals surface area contributed by atoms with Crippen LogP contribution in [-0.2, 0) is 9.59 Å². The van der Waals surface area contributed by atoms with Gasteiger partial charge in [0.05, 0.1) is 20.8 Å². The fourth-order valence-electron chi connectivity index (χ4n) is 1.59. The predicted molar refractivity (Wildman–Crippen MR) is 77.1 cm³/mol. The third-order valence-corrected chi connectivity index (χ3v) is 2.80. The van der Waals surface area contributed by atoms with E-state index in [2.05, 4.69) is 10.6 Å². The number of ether oxygens (including phenoxy) is 2. The highest BCUT2D eigenvalue weighted by molar-refractivity contribution is 5.97. The molecule has 2 amide bonds. The minimum Gasteiger partial charge on any atom is -0.493 e. The molecule has 8 nitrogen and oxygen atoms in total. The van der Waals surface area contributed by atoms with E-state index in [1.807, 2.05) is 0 Å². The molecule has 8 heteroatoms. The van der Waals surface area contributed by atoms with E-state index in [9.17, 15) is 14.4 Å². The van der Waals surface area contributed by atoms with Crippen LogP contribution in [0.25, 0.3) is 0 Å². The monoisotopic (exact) mass is 310 g/mol. The molecule has 0 fully saturated rings. The Labute approximate surface area is 127 Å². The van der Waals surface area contributed by atoms with Crippen LogP contribution in [-0.4, -0.2) is 49.7 Å². The number of hydrogen-bond acceptors (Lipinski definition) is 5. The minimum absolute atomic E-state index is 0.289. The third kappa shape index (κ3) is 4.65. The van der Waals surface area contributed by atoms with Crippen molar-refractivity contribution in [2.24, 2.45) is 0 Å². The highest BCUT2D eigenvalue weighted by Crippen LogP contribution is 2.27. The predicted octanol–water partition coefficient (Wildman–Crippen LogP) is 0.0229. The average molecular weight is 310 g/mol. The maximum Gasteiger partial charge on any atom is 0.325 e. The van der Waals surface area contributed by atoms with Crippen LogP contribution in [0.4, 0.5) is 0 Å². The van der Waals surface area contributed by atoms with Gasteiger partial charge in [-0.25, -0.2) is 0 Å². The van der Waals surface area contributed by atoms with Gasteiger partial charge in [-0.1, -0.05) is 0 Å². The van der Waals surface area contributed by atoms with Crippen molar-refractivity contribution in [3.63, 3.8) is 0 Å². The summed E-state index contributed by atoms with van der Waals surface area (Å²) in [5.41, 5.74) is 0.289. The van der Waals surface area contributed by atoms with Crippen molar-refractivity contribution >= 4 is 17.8 Å². The van der Waals surface area contributed by atoms with Gasteiger partial charge >= 0.3 is 5.97 Å². The molecule has 0 bridgehead atoms. The molecule has 0 aromatic heterocycles. The van der Waals surface area contributed by atoms with Crippen LogP contribution in [0.5, 0.6) is 11.5 Å². The topological polar surface area (TPSA) is 114 Å². The molecule has 0 unspecified atom stereocenters. The number of carboxylic acids is 1. The quantitative estimate of drug-likeness (QED) is 0.654. The van der Waals surface area contributed by atoms with Gasteiger partial charge in [0.15, 0.2) is 11.5 Å². The number of carbonyl (C=O) groups excluding carboxylic acids is 2. The summed E-state index contributed by atoms with van der Waals surface area (Å²) in [4.78, 5) is 34.0. The molecule has 0 radical (unpaired) electrons. The Kier molecular flexibility index (Phi) is 6.18. The second-order valence-corrected chi connectivity index (χ2v) is 4.38. The lowest BCUT2D eigenvalue weighted by atomic mass is 10.2. The number of amides is 2. The summed E-state index contributed by atoms with van der Waals surface area (Å²) < 4.78 is 10.1. The fraction of sp³-hybridized carbons (Fsp3) is 0.357. The van der Waals surface area contributed by atoms with E-state index in [-0.39, 0.29) is 12.1 Å². The van der Waals surface area contributed by atoms with E-state index in [4.69, 9.17) is 14.6 Å². The first-order valence-electron chi connectivity index (χ1n) is 6.41. The highest BCUT2D eigenvalue weighted by atomic mass is 16.5. The van der Waals surface area contributed by atoms with Gasteiger partial charge in [0, 0.05) is 5.56 Å². The van der Waals surface area contributed by atoms with E-state index in [1.165, 1.54) is 33.3 Å². The SMILES string of the molecule is COc1ccc(C(=O)NCC(=O)N[C@H](C)C(=O)O)cc1OC. The van der Waals surface area contributed by atoms with Crippen molar-refractivity contribution in [2.45, 2.75) is 13.0 Å². The first-order valence-corrected chi connectivity index (χ1v) is 6.41. The van der Waals surface area contributed by atoms with E-state index < -0.39 is 23.8 Å². The summed E-state index contributed by atoms with van der Waals surface area (Å²) in [6.45, 7) is 1.00. The van der Waals surface area contributed by atoms with Gasteiger partial charge in [-0.3, -0.25) is 14.4 Å². The lowest BCUT2D eigenvalue weighted by Gasteiger charge is -2.11. The maximum absolute atomic E-state index is 11.9. The molecule has 0 heterocycles. The Morgan fingerprint density at radius 2 is 1.82 bits per heavy atom. The van der Waals surface area contributed by atoms with Crippen LogP contribution >= 0.6 is 0 Å². The smallest absolute Gasteiger partial charge is 0.325 e. The zero-order valence-corrected chi connectivity index (χ0v) is 12.5. The highest BCUT2D eigenvalue weighted by Gasteiger charge is 2.15. The summed E-state index contributed by atoms with van der Waals surface area (Å²) in [6.07, 6.45) is 0. The molecule has 3 N–H and O–H groups in total. The Hall–Kier alpha value is -2.77. The first-order chi connectivity index (χ1) is 10.4. The van der Waals surface area contributed by atoms with Crippen LogP contribution in [0.2, 0.25) is 0 Å². The van der Waals surface area contributed by atoms with E-state index in [0.29, 0.717) is 11.5 Å². The van der Waals surface area contributed by atoms with Crippen molar-refractivity contribution in [3.05, 3.63) is 23.8 Å². The molecule has 0 saturated heterocycles. The Balaban J connectivity index is 2.62. The number of carbonyl (C=O) groups is 3. The normalized spacial score (nSPS) is 11.2. The lowest BCUT2D eigenvalue weighted by Crippen LogP contribution is -2.44. The number of benzene rings is 1. The van der Waals surface area contributed by atoms with Crippen LogP contribution in [0.15, 0.2) is 18.2 Å². The molecular formula is C14H18N2O6. The van der Waals surface area contributed by atoms with Crippen molar-refractivity contribution in [3.8, 4) is 11.5 Å². The van der Waals surface area contributed by atoms with E-state index >= 15 is 0 Å². The summed E-state index contributed by atoms with van der Waals surface area (Å²) in [5, 5.41) is 13.3. The van der Waals surface area contributed by atoms with Gasteiger partial charge in [-0.05, 0) is 25.1 Å². The molecule has 120 valence electrons. The van der Waals surface area contributed by atoms with Gasteiger partial charge in [-0.2, -0.15) is 0 Å². The van der Waals surface area contributed by atoms with Gasteiger partial charge in [0.1, 0.15) is 6.04 Å². The number of rotatable bonds is 7. The van der Waals surface area contributed by atoms with Crippen molar-refractivity contribution in [2.75, 3.05) is 20.8 Å². The van der Waals surface area contributed by atoms with Crippen LogP contribution in [0, 0.1) is 0 Å². The summed E-state index contributed by atoms with van der Waals surface area (Å²) in [5.74, 6) is -1.37. The molecule has 1 aromatic carbocycles.